The number of nitrogens with two attached hydrogens (primary N) is 1. The van der Waals surface area contributed by atoms with E-state index in [-0.39, 0.29) is 0 Å². The van der Waals surface area contributed by atoms with Crippen LogP contribution in [0.15, 0.2) is 22.7 Å². The molecular weight excluding hydrogens is 294 g/mol. The molecule has 5 heteroatoms. The van der Waals surface area contributed by atoms with Crippen molar-refractivity contribution in [2.75, 3.05) is 12.8 Å². The molecule has 0 aliphatic heterocycles. The highest BCUT2D eigenvalue weighted by Gasteiger charge is 2.29. The molecule has 0 spiro atoms. The zero-order chi connectivity index (χ0) is 12.7. The number of aromatic nitrogens is 2. The van der Waals surface area contributed by atoms with Crippen molar-refractivity contribution in [1.82, 2.24) is 10.2 Å². The normalized spacial score (nSPS) is 14.8. The fraction of sp³-hybridized carbons (Fsp3) is 0.308. The van der Waals surface area contributed by atoms with E-state index in [9.17, 15) is 0 Å². The largest absolute Gasteiger partial charge is 0.496 e. The Hall–Kier alpha value is -1.49. The van der Waals surface area contributed by atoms with Gasteiger partial charge in [-0.3, -0.25) is 5.10 Å². The number of nitrogens with zero attached hydrogens (tertiary/aromatic N) is 1. The summed E-state index contributed by atoms with van der Waals surface area (Å²) in [6.07, 6.45) is 2.42. The van der Waals surface area contributed by atoms with Crippen molar-refractivity contribution in [2.24, 2.45) is 0 Å². The van der Waals surface area contributed by atoms with Gasteiger partial charge in [-0.2, -0.15) is 5.10 Å². The van der Waals surface area contributed by atoms with E-state index in [4.69, 9.17) is 10.5 Å². The lowest BCUT2D eigenvalue weighted by atomic mass is 10.0. The lowest BCUT2D eigenvalue weighted by molar-refractivity contribution is 0.412. The van der Waals surface area contributed by atoms with Gasteiger partial charge in [0, 0.05) is 17.2 Å². The highest BCUT2D eigenvalue weighted by Crippen LogP contribution is 2.45. The topological polar surface area (TPSA) is 63.9 Å². The number of methoxy groups -OCH3 is 1. The Labute approximate surface area is 114 Å². The molecule has 1 heterocycles. The summed E-state index contributed by atoms with van der Waals surface area (Å²) in [5.41, 5.74) is 9.19. The second-order valence-corrected chi connectivity index (χ2v) is 5.38. The first kappa shape index (κ1) is 11.6. The molecular formula is C13H14BrN3O. The van der Waals surface area contributed by atoms with Crippen LogP contribution in [0.5, 0.6) is 5.75 Å². The number of benzene rings is 1. The van der Waals surface area contributed by atoms with Gasteiger partial charge >= 0.3 is 0 Å². The molecule has 0 unspecified atom stereocenters. The molecule has 4 nitrogen and oxygen atoms in total. The van der Waals surface area contributed by atoms with Crippen LogP contribution in [-0.2, 0) is 0 Å². The van der Waals surface area contributed by atoms with Gasteiger partial charge in [0.1, 0.15) is 5.75 Å². The minimum absolute atomic E-state index is 0.557. The minimum Gasteiger partial charge on any atom is -0.496 e. The number of hydrogen-bond acceptors (Lipinski definition) is 3. The third kappa shape index (κ3) is 1.88. The van der Waals surface area contributed by atoms with Gasteiger partial charge in [-0.25, -0.2) is 0 Å². The molecule has 0 bridgehead atoms. The second kappa shape index (κ2) is 4.31. The predicted molar refractivity (Wildman–Crippen MR) is 74.7 cm³/mol. The first-order chi connectivity index (χ1) is 8.70. The fourth-order valence-electron chi connectivity index (χ4n) is 2.16. The van der Waals surface area contributed by atoms with Crippen LogP contribution in [0.3, 0.4) is 0 Å². The first-order valence-corrected chi connectivity index (χ1v) is 6.67. The molecule has 0 atom stereocenters. The average Bonchev–Trinajstić information content (AvgIpc) is 3.14. The SMILES string of the molecule is COc1cc(-c2c(N)n[nH]c2C2CC2)ccc1Br. The summed E-state index contributed by atoms with van der Waals surface area (Å²) in [6.45, 7) is 0. The maximum atomic E-state index is 5.97. The molecule has 1 fully saturated rings. The van der Waals surface area contributed by atoms with Crippen molar-refractivity contribution in [3.8, 4) is 16.9 Å². The van der Waals surface area contributed by atoms with Crippen molar-refractivity contribution < 1.29 is 4.74 Å². The molecule has 1 saturated carbocycles. The Balaban J connectivity index is 2.11. The molecule has 1 aliphatic rings. The molecule has 0 radical (unpaired) electrons. The number of halogens is 1. The van der Waals surface area contributed by atoms with E-state index >= 15 is 0 Å². The summed E-state index contributed by atoms with van der Waals surface area (Å²) in [5, 5.41) is 7.19. The number of aromatic amines is 1. The smallest absolute Gasteiger partial charge is 0.153 e. The number of rotatable bonds is 3. The van der Waals surface area contributed by atoms with Gasteiger partial charge in [-0.05, 0) is 46.5 Å². The zero-order valence-electron chi connectivity index (χ0n) is 10.0. The van der Waals surface area contributed by atoms with E-state index in [1.165, 1.54) is 12.8 Å². The molecule has 3 rings (SSSR count). The van der Waals surface area contributed by atoms with Crippen LogP contribution in [0, 0.1) is 0 Å². The molecule has 3 N–H and O–H groups in total. The average molecular weight is 308 g/mol. The Morgan fingerprint density at radius 2 is 2.22 bits per heavy atom. The highest BCUT2D eigenvalue weighted by molar-refractivity contribution is 9.10. The molecule has 1 aromatic heterocycles. The number of nitrogen functional groups attached to an aromatic ring is 1. The number of ether oxygens (including phenoxy) is 1. The van der Waals surface area contributed by atoms with Crippen molar-refractivity contribution in [1.29, 1.82) is 0 Å². The van der Waals surface area contributed by atoms with E-state index in [1.807, 2.05) is 18.2 Å². The van der Waals surface area contributed by atoms with Gasteiger partial charge in [-0.15, -0.1) is 0 Å². The molecule has 94 valence electrons. The van der Waals surface area contributed by atoms with Gasteiger partial charge in [0.15, 0.2) is 5.82 Å². The van der Waals surface area contributed by atoms with Gasteiger partial charge < -0.3 is 10.5 Å². The van der Waals surface area contributed by atoms with Crippen LogP contribution in [0.25, 0.3) is 11.1 Å². The number of H-pyrrole nitrogens is 1. The Kier molecular flexibility index (Phi) is 2.78. The van der Waals surface area contributed by atoms with E-state index in [1.54, 1.807) is 7.11 Å². The third-order valence-corrected chi connectivity index (χ3v) is 3.90. The molecule has 2 aromatic rings. The lowest BCUT2D eigenvalue weighted by Crippen LogP contribution is -1.91. The van der Waals surface area contributed by atoms with Crippen molar-refractivity contribution in [3.63, 3.8) is 0 Å². The van der Waals surface area contributed by atoms with Crippen LogP contribution in [0.1, 0.15) is 24.5 Å². The van der Waals surface area contributed by atoms with Crippen LogP contribution >= 0.6 is 15.9 Å². The van der Waals surface area contributed by atoms with Crippen molar-refractivity contribution in [3.05, 3.63) is 28.4 Å². The number of anilines is 1. The molecule has 0 saturated heterocycles. The van der Waals surface area contributed by atoms with E-state index in [0.29, 0.717) is 11.7 Å². The monoisotopic (exact) mass is 307 g/mol. The predicted octanol–water partition coefficient (Wildman–Crippen LogP) is 3.31. The zero-order valence-corrected chi connectivity index (χ0v) is 11.6. The third-order valence-electron chi connectivity index (χ3n) is 3.25. The quantitative estimate of drug-likeness (QED) is 0.914. The molecule has 18 heavy (non-hydrogen) atoms. The summed E-state index contributed by atoms with van der Waals surface area (Å²) in [4.78, 5) is 0. The van der Waals surface area contributed by atoms with Crippen molar-refractivity contribution in [2.45, 2.75) is 18.8 Å². The Morgan fingerprint density at radius 1 is 1.44 bits per heavy atom. The van der Waals surface area contributed by atoms with Gasteiger partial charge in [-0.1, -0.05) is 6.07 Å². The standard InChI is InChI=1S/C13H14BrN3O/c1-18-10-6-8(4-5-9(10)14)11-12(7-2-3-7)16-17-13(11)15/h4-7H,2-3H2,1H3,(H3,15,16,17). The van der Waals surface area contributed by atoms with Crippen LogP contribution in [0.2, 0.25) is 0 Å². The molecule has 1 aliphatic carbocycles. The van der Waals surface area contributed by atoms with Crippen molar-refractivity contribution >= 4 is 21.7 Å². The van der Waals surface area contributed by atoms with Crippen LogP contribution in [0.4, 0.5) is 5.82 Å². The van der Waals surface area contributed by atoms with Crippen LogP contribution < -0.4 is 10.5 Å². The summed E-state index contributed by atoms with van der Waals surface area (Å²) in [6, 6.07) is 5.98. The van der Waals surface area contributed by atoms with Crippen LogP contribution in [-0.4, -0.2) is 17.3 Å². The van der Waals surface area contributed by atoms with Gasteiger partial charge in [0.05, 0.1) is 11.6 Å². The van der Waals surface area contributed by atoms with E-state index in [2.05, 4.69) is 26.1 Å². The molecule has 0 amide bonds. The lowest BCUT2D eigenvalue weighted by Gasteiger charge is -2.08. The maximum absolute atomic E-state index is 5.97. The number of nitrogens with one attached hydrogen (secondary N) is 1. The minimum atomic E-state index is 0.557. The first-order valence-electron chi connectivity index (χ1n) is 5.88. The highest BCUT2D eigenvalue weighted by atomic mass is 79.9. The summed E-state index contributed by atoms with van der Waals surface area (Å²) >= 11 is 3.45. The maximum Gasteiger partial charge on any atom is 0.153 e. The number of hydrogen-bond donors (Lipinski definition) is 2. The second-order valence-electron chi connectivity index (χ2n) is 4.52. The van der Waals surface area contributed by atoms with E-state index in [0.717, 1.165) is 27.0 Å². The Bertz CT molecular complexity index is 590. The summed E-state index contributed by atoms with van der Waals surface area (Å²) in [7, 11) is 1.66. The van der Waals surface area contributed by atoms with Gasteiger partial charge in [0.25, 0.3) is 0 Å². The van der Waals surface area contributed by atoms with Gasteiger partial charge in [0.2, 0.25) is 0 Å². The summed E-state index contributed by atoms with van der Waals surface area (Å²) < 4.78 is 6.26. The van der Waals surface area contributed by atoms with E-state index < -0.39 is 0 Å². The molecule has 1 aromatic carbocycles. The summed E-state index contributed by atoms with van der Waals surface area (Å²) in [5.74, 6) is 1.94. The Morgan fingerprint density at radius 3 is 2.89 bits per heavy atom. The fourth-order valence-corrected chi connectivity index (χ4v) is 2.56.